The highest BCUT2D eigenvalue weighted by molar-refractivity contribution is 5.28. The fourth-order valence-electron chi connectivity index (χ4n) is 2.62. The fraction of sp³-hybridized carbons (Fsp3) is 0.571. The van der Waals surface area contributed by atoms with Crippen molar-refractivity contribution in [1.82, 2.24) is 5.32 Å². The lowest BCUT2D eigenvalue weighted by molar-refractivity contribution is -0.137. The van der Waals surface area contributed by atoms with Gasteiger partial charge in [0, 0.05) is 5.54 Å². The summed E-state index contributed by atoms with van der Waals surface area (Å²) < 4.78 is 37.5. The fourth-order valence-corrected chi connectivity index (χ4v) is 2.62. The first-order chi connectivity index (χ1) is 8.84. The number of halogens is 3. The van der Waals surface area contributed by atoms with Crippen LogP contribution >= 0.6 is 0 Å². The minimum Gasteiger partial charge on any atom is -0.394 e. The SMILES string of the molecule is CC1(CO)CC(c2ccc(C(F)(F)F)cc2)CCN1. The maximum Gasteiger partial charge on any atom is 0.416 e. The molecule has 2 N–H and O–H groups in total. The Kier molecular flexibility index (Phi) is 3.87. The number of piperidine rings is 1. The van der Waals surface area contributed by atoms with Crippen LogP contribution in [0.15, 0.2) is 24.3 Å². The van der Waals surface area contributed by atoms with Gasteiger partial charge in [0.25, 0.3) is 0 Å². The van der Waals surface area contributed by atoms with Crippen molar-refractivity contribution >= 4 is 0 Å². The van der Waals surface area contributed by atoms with Crippen molar-refractivity contribution in [3.05, 3.63) is 35.4 Å². The number of rotatable bonds is 2. The molecule has 0 bridgehead atoms. The Labute approximate surface area is 110 Å². The molecule has 1 heterocycles. The van der Waals surface area contributed by atoms with Crippen molar-refractivity contribution in [1.29, 1.82) is 0 Å². The molecule has 0 spiro atoms. The van der Waals surface area contributed by atoms with Crippen LogP contribution in [-0.2, 0) is 6.18 Å². The summed E-state index contributed by atoms with van der Waals surface area (Å²) in [6, 6.07) is 5.37. The molecule has 2 atom stereocenters. The average molecular weight is 273 g/mol. The molecule has 1 fully saturated rings. The molecule has 106 valence electrons. The lowest BCUT2D eigenvalue weighted by atomic mass is 9.80. The van der Waals surface area contributed by atoms with Crippen LogP contribution in [0.2, 0.25) is 0 Å². The molecular formula is C14H18F3NO. The summed E-state index contributed by atoms with van der Waals surface area (Å²) in [4.78, 5) is 0. The predicted octanol–water partition coefficient (Wildman–Crippen LogP) is 2.92. The topological polar surface area (TPSA) is 32.3 Å². The average Bonchev–Trinajstić information content (AvgIpc) is 2.38. The van der Waals surface area contributed by atoms with Gasteiger partial charge < -0.3 is 10.4 Å². The monoisotopic (exact) mass is 273 g/mol. The highest BCUT2D eigenvalue weighted by Gasteiger charge is 2.33. The molecule has 0 saturated carbocycles. The molecule has 19 heavy (non-hydrogen) atoms. The molecule has 2 unspecified atom stereocenters. The summed E-state index contributed by atoms with van der Waals surface area (Å²) in [6.07, 6.45) is -2.68. The third kappa shape index (κ3) is 3.28. The van der Waals surface area contributed by atoms with E-state index in [4.69, 9.17) is 0 Å². The Hall–Kier alpha value is -1.07. The quantitative estimate of drug-likeness (QED) is 0.868. The van der Waals surface area contributed by atoms with E-state index in [-0.39, 0.29) is 18.1 Å². The molecule has 1 aliphatic rings. The lowest BCUT2D eigenvalue weighted by Gasteiger charge is -2.38. The molecule has 1 aliphatic heterocycles. The zero-order valence-corrected chi connectivity index (χ0v) is 10.8. The van der Waals surface area contributed by atoms with Gasteiger partial charge in [-0.1, -0.05) is 12.1 Å². The van der Waals surface area contributed by atoms with Crippen molar-refractivity contribution in [2.45, 2.75) is 37.4 Å². The Morgan fingerprint density at radius 2 is 1.95 bits per heavy atom. The second kappa shape index (κ2) is 5.13. The van der Waals surface area contributed by atoms with Crippen LogP contribution in [0.1, 0.15) is 36.8 Å². The van der Waals surface area contributed by atoms with E-state index < -0.39 is 11.7 Å². The Bertz CT molecular complexity index is 429. The van der Waals surface area contributed by atoms with E-state index in [9.17, 15) is 18.3 Å². The van der Waals surface area contributed by atoms with Gasteiger partial charge in [0.15, 0.2) is 0 Å². The third-order valence-electron chi connectivity index (χ3n) is 3.80. The molecule has 2 nitrogen and oxygen atoms in total. The molecule has 0 amide bonds. The van der Waals surface area contributed by atoms with E-state index in [0.29, 0.717) is 0 Å². The van der Waals surface area contributed by atoms with Gasteiger partial charge in [-0.25, -0.2) is 0 Å². The van der Waals surface area contributed by atoms with Crippen molar-refractivity contribution < 1.29 is 18.3 Å². The zero-order valence-electron chi connectivity index (χ0n) is 10.8. The van der Waals surface area contributed by atoms with Gasteiger partial charge in [0.1, 0.15) is 0 Å². The third-order valence-corrected chi connectivity index (χ3v) is 3.80. The van der Waals surface area contributed by atoms with Crippen molar-refractivity contribution in [3.8, 4) is 0 Å². The molecule has 0 aliphatic carbocycles. The van der Waals surface area contributed by atoms with E-state index in [1.807, 2.05) is 6.92 Å². The molecule has 1 aromatic rings. The van der Waals surface area contributed by atoms with Crippen LogP contribution in [0.5, 0.6) is 0 Å². The van der Waals surface area contributed by atoms with Crippen LogP contribution < -0.4 is 5.32 Å². The molecule has 0 radical (unpaired) electrons. The summed E-state index contributed by atoms with van der Waals surface area (Å²) >= 11 is 0. The number of benzene rings is 1. The van der Waals surface area contributed by atoms with E-state index in [2.05, 4.69) is 5.32 Å². The molecule has 1 saturated heterocycles. The smallest absolute Gasteiger partial charge is 0.394 e. The van der Waals surface area contributed by atoms with E-state index in [1.165, 1.54) is 0 Å². The number of alkyl halides is 3. The summed E-state index contributed by atoms with van der Waals surface area (Å²) in [5, 5.41) is 12.6. The summed E-state index contributed by atoms with van der Waals surface area (Å²) in [5.41, 5.74) is -0.0460. The van der Waals surface area contributed by atoms with Crippen molar-refractivity contribution in [2.75, 3.05) is 13.2 Å². The normalized spacial score (nSPS) is 28.4. The summed E-state index contributed by atoms with van der Waals surface area (Å²) in [7, 11) is 0. The van der Waals surface area contributed by atoms with E-state index in [0.717, 1.165) is 37.1 Å². The number of aliphatic hydroxyl groups is 1. The molecule has 2 rings (SSSR count). The number of hydrogen-bond acceptors (Lipinski definition) is 2. The van der Waals surface area contributed by atoms with Gasteiger partial charge in [0.05, 0.1) is 12.2 Å². The standard InChI is InChI=1S/C14H18F3NO/c1-13(9-19)8-11(6-7-18-13)10-2-4-12(5-3-10)14(15,16)17/h2-5,11,18-19H,6-9H2,1H3. The lowest BCUT2D eigenvalue weighted by Crippen LogP contribution is -2.50. The van der Waals surface area contributed by atoms with Gasteiger partial charge in [0.2, 0.25) is 0 Å². The Morgan fingerprint density at radius 3 is 2.47 bits per heavy atom. The van der Waals surface area contributed by atoms with E-state index in [1.54, 1.807) is 12.1 Å². The molecular weight excluding hydrogens is 255 g/mol. The highest BCUT2D eigenvalue weighted by Crippen LogP contribution is 2.35. The second-order valence-electron chi connectivity index (χ2n) is 5.46. The van der Waals surface area contributed by atoms with Crippen molar-refractivity contribution in [2.24, 2.45) is 0 Å². The summed E-state index contributed by atoms with van der Waals surface area (Å²) in [5.74, 6) is 0.195. The maximum atomic E-state index is 12.5. The molecule has 0 aromatic heterocycles. The maximum absolute atomic E-state index is 12.5. The minimum absolute atomic E-state index is 0.0319. The van der Waals surface area contributed by atoms with Gasteiger partial charge in [-0.05, 0) is 49.9 Å². The van der Waals surface area contributed by atoms with E-state index >= 15 is 0 Å². The Morgan fingerprint density at radius 1 is 1.32 bits per heavy atom. The van der Waals surface area contributed by atoms with Crippen LogP contribution in [-0.4, -0.2) is 23.8 Å². The van der Waals surface area contributed by atoms with Crippen LogP contribution in [0.3, 0.4) is 0 Å². The first-order valence-corrected chi connectivity index (χ1v) is 6.37. The summed E-state index contributed by atoms with van der Waals surface area (Å²) in [6.45, 7) is 2.73. The molecule has 1 aromatic carbocycles. The largest absolute Gasteiger partial charge is 0.416 e. The Balaban J connectivity index is 2.14. The van der Waals surface area contributed by atoms with Gasteiger partial charge >= 0.3 is 6.18 Å². The first kappa shape index (κ1) is 14.3. The minimum atomic E-state index is -4.29. The van der Waals surface area contributed by atoms with Gasteiger partial charge in [-0.15, -0.1) is 0 Å². The van der Waals surface area contributed by atoms with Gasteiger partial charge in [-0.2, -0.15) is 13.2 Å². The number of nitrogens with one attached hydrogen (secondary N) is 1. The van der Waals surface area contributed by atoms with Crippen LogP contribution in [0.25, 0.3) is 0 Å². The molecule has 5 heteroatoms. The number of hydrogen-bond donors (Lipinski definition) is 2. The van der Waals surface area contributed by atoms with Crippen molar-refractivity contribution in [3.63, 3.8) is 0 Å². The van der Waals surface area contributed by atoms with Gasteiger partial charge in [-0.3, -0.25) is 0 Å². The zero-order chi connectivity index (χ0) is 14.1. The van der Waals surface area contributed by atoms with Crippen LogP contribution in [0.4, 0.5) is 13.2 Å². The first-order valence-electron chi connectivity index (χ1n) is 6.37. The predicted molar refractivity (Wildman–Crippen MR) is 66.9 cm³/mol. The van der Waals surface area contributed by atoms with Crippen LogP contribution in [0, 0.1) is 0 Å². The highest BCUT2D eigenvalue weighted by atomic mass is 19.4. The number of aliphatic hydroxyl groups excluding tert-OH is 1. The second-order valence-corrected chi connectivity index (χ2v) is 5.46.